The van der Waals surface area contributed by atoms with Crippen LogP contribution >= 0.6 is 0 Å². The Hall–Kier alpha value is -2.67. The molecular formula is C19H20N6O. The van der Waals surface area contributed by atoms with E-state index in [0.717, 1.165) is 13.1 Å². The second-order valence-corrected chi connectivity index (χ2v) is 7.08. The number of rotatable bonds is 4. The first-order valence-electron chi connectivity index (χ1n) is 9.12. The highest BCUT2D eigenvalue weighted by Gasteiger charge is 2.42. The van der Waals surface area contributed by atoms with E-state index in [1.165, 1.54) is 24.8 Å². The number of hydrogen-bond donors (Lipinski definition) is 0. The molecule has 0 aromatic carbocycles. The third-order valence-electron chi connectivity index (χ3n) is 5.60. The Morgan fingerprint density at radius 2 is 1.88 bits per heavy atom. The van der Waals surface area contributed by atoms with Gasteiger partial charge in [-0.3, -0.25) is 14.9 Å². The van der Waals surface area contributed by atoms with Crippen LogP contribution in [0.2, 0.25) is 0 Å². The van der Waals surface area contributed by atoms with Crippen molar-refractivity contribution in [3.8, 4) is 11.5 Å². The van der Waals surface area contributed by atoms with Crippen LogP contribution in [0.25, 0.3) is 11.5 Å². The first-order chi connectivity index (χ1) is 12.9. The summed E-state index contributed by atoms with van der Waals surface area (Å²) in [5.74, 6) is 1.68. The second-order valence-electron chi connectivity index (χ2n) is 7.08. The van der Waals surface area contributed by atoms with E-state index in [0.29, 0.717) is 29.4 Å². The third kappa shape index (κ3) is 2.78. The van der Waals surface area contributed by atoms with Gasteiger partial charge in [-0.15, -0.1) is 0 Å². The largest absolute Gasteiger partial charge is 0.339 e. The predicted molar refractivity (Wildman–Crippen MR) is 94.3 cm³/mol. The molecule has 0 radical (unpaired) electrons. The smallest absolute Gasteiger partial charge is 0.232 e. The van der Waals surface area contributed by atoms with Crippen LogP contribution < -0.4 is 0 Å². The van der Waals surface area contributed by atoms with Crippen molar-refractivity contribution in [2.75, 3.05) is 13.1 Å². The summed E-state index contributed by atoms with van der Waals surface area (Å²) in [7, 11) is 0. The highest BCUT2D eigenvalue weighted by Crippen LogP contribution is 2.42. The molecule has 2 atom stereocenters. The summed E-state index contributed by atoms with van der Waals surface area (Å²) in [6.07, 6.45) is 12.6. The predicted octanol–water partition coefficient (Wildman–Crippen LogP) is 2.66. The van der Waals surface area contributed by atoms with E-state index in [2.05, 4.69) is 36.1 Å². The van der Waals surface area contributed by atoms with Crippen molar-refractivity contribution in [3.05, 3.63) is 54.6 Å². The van der Waals surface area contributed by atoms with Crippen molar-refractivity contribution in [2.45, 2.75) is 37.1 Å². The fraction of sp³-hybridized carbons (Fsp3) is 0.421. The van der Waals surface area contributed by atoms with E-state index in [4.69, 9.17) is 4.52 Å². The van der Waals surface area contributed by atoms with Gasteiger partial charge in [-0.25, -0.2) is 4.98 Å². The molecule has 7 heteroatoms. The number of nitrogens with zero attached hydrogens (tertiary/aromatic N) is 6. The minimum atomic E-state index is 0.178. The molecule has 0 amide bonds. The van der Waals surface area contributed by atoms with Crippen LogP contribution in [0.4, 0.5) is 0 Å². The van der Waals surface area contributed by atoms with Crippen LogP contribution in [-0.2, 0) is 0 Å². The van der Waals surface area contributed by atoms with Crippen molar-refractivity contribution in [2.24, 2.45) is 0 Å². The maximum Gasteiger partial charge on any atom is 0.232 e. The molecule has 1 saturated carbocycles. The zero-order valence-corrected chi connectivity index (χ0v) is 14.4. The Kier molecular flexibility index (Phi) is 3.93. The Labute approximate surface area is 151 Å². The van der Waals surface area contributed by atoms with Crippen molar-refractivity contribution < 1.29 is 4.52 Å². The van der Waals surface area contributed by atoms with Gasteiger partial charge < -0.3 is 4.52 Å². The first kappa shape index (κ1) is 15.6. The summed E-state index contributed by atoms with van der Waals surface area (Å²) in [5.41, 5.74) is 1.87. The molecule has 1 aliphatic heterocycles. The van der Waals surface area contributed by atoms with Crippen LogP contribution in [0.5, 0.6) is 0 Å². The molecule has 5 rings (SSSR count). The lowest BCUT2D eigenvalue weighted by Crippen LogP contribution is -2.38. The Morgan fingerprint density at radius 3 is 2.62 bits per heavy atom. The summed E-state index contributed by atoms with van der Waals surface area (Å²) in [5, 5.41) is 4.14. The molecule has 26 heavy (non-hydrogen) atoms. The number of pyridine rings is 1. The highest BCUT2D eigenvalue weighted by molar-refractivity contribution is 5.45. The molecule has 3 aromatic rings. The SMILES string of the molecule is c1cncc([C@@H]2CN(C3CCC3)C[C@H]2c2nc(-c3cnccn3)no2)c1. The fourth-order valence-electron chi connectivity index (χ4n) is 3.97. The number of aromatic nitrogens is 5. The van der Waals surface area contributed by atoms with Gasteiger partial charge in [0.1, 0.15) is 5.69 Å². The molecule has 0 N–H and O–H groups in total. The molecule has 7 nitrogen and oxygen atoms in total. The minimum Gasteiger partial charge on any atom is -0.339 e. The first-order valence-corrected chi connectivity index (χ1v) is 9.12. The molecule has 0 spiro atoms. The molecule has 2 aliphatic rings. The summed E-state index contributed by atoms with van der Waals surface area (Å²) < 4.78 is 5.66. The van der Waals surface area contributed by atoms with Gasteiger partial charge in [-0.05, 0) is 24.5 Å². The monoisotopic (exact) mass is 348 g/mol. The quantitative estimate of drug-likeness (QED) is 0.717. The molecule has 2 fully saturated rings. The summed E-state index contributed by atoms with van der Waals surface area (Å²) in [4.78, 5) is 19.9. The van der Waals surface area contributed by atoms with E-state index >= 15 is 0 Å². The van der Waals surface area contributed by atoms with E-state index in [-0.39, 0.29) is 5.92 Å². The van der Waals surface area contributed by atoms with Gasteiger partial charge in [0, 0.05) is 49.8 Å². The Balaban J connectivity index is 1.46. The lowest BCUT2D eigenvalue weighted by atomic mass is 9.90. The summed E-state index contributed by atoms with van der Waals surface area (Å²) >= 11 is 0. The molecule has 3 aromatic heterocycles. The van der Waals surface area contributed by atoms with Gasteiger partial charge in [0.15, 0.2) is 0 Å². The summed E-state index contributed by atoms with van der Waals surface area (Å²) in [6, 6.07) is 4.84. The lowest BCUT2D eigenvalue weighted by Gasteiger charge is -2.34. The molecule has 132 valence electrons. The van der Waals surface area contributed by atoms with Gasteiger partial charge >= 0.3 is 0 Å². The number of likely N-dealkylation sites (tertiary alicyclic amines) is 1. The molecule has 0 unspecified atom stereocenters. The standard InChI is InChI=1S/C19H20N6O/c1-4-14(5-1)25-11-15(13-3-2-6-20-9-13)16(12-25)19-23-18(24-26-19)17-10-21-7-8-22-17/h2-3,6-10,14-16H,1,4-5,11-12H2/t15-,16+/m0/s1. The molecule has 1 aliphatic carbocycles. The molecule has 0 bridgehead atoms. The normalized spacial score (nSPS) is 23.8. The van der Waals surface area contributed by atoms with E-state index in [1.807, 2.05) is 18.5 Å². The molecule has 4 heterocycles. The molecular weight excluding hydrogens is 328 g/mol. The minimum absolute atomic E-state index is 0.178. The van der Waals surface area contributed by atoms with E-state index in [9.17, 15) is 0 Å². The fourth-order valence-corrected chi connectivity index (χ4v) is 3.97. The number of hydrogen-bond acceptors (Lipinski definition) is 7. The van der Waals surface area contributed by atoms with Crippen LogP contribution in [0.15, 0.2) is 47.6 Å². The van der Waals surface area contributed by atoms with Crippen LogP contribution in [0.1, 0.15) is 42.6 Å². The topological polar surface area (TPSA) is 80.8 Å². The highest BCUT2D eigenvalue weighted by atomic mass is 16.5. The Bertz CT molecular complexity index is 864. The van der Waals surface area contributed by atoms with Crippen molar-refractivity contribution in [3.63, 3.8) is 0 Å². The van der Waals surface area contributed by atoms with Crippen molar-refractivity contribution in [1.29, 1.82) is 0 Å². The van der Waals surface area contributed by atoms with Gasteiger partial charge in [0.2, 0.25) is 11.7 Å². The zero-order valence-electron chi connectivity index (χ0n) is 14.4. The van der Waals surface area contributed by atoms with Crippen LogP contribution in [0.3, 0.4) is 0 Å². The van der Waals surface area contributed by atoms with Gasteiger partial charge in [-0.1, -0.05) is 17.6 Å². The maximum atomic E-state index is 5.66. The maximum absolute atomic E-state index is 5.66. The zero-order chi connectivity index (χ0) is 17.3. The van der Waals surface area contributed by atoms with Crippen LogP contribution in [0, 0.1) is 0 Å². The Morgan fingerprint density at radius 1 is 1.00 bits per heavy atom. The molecule has 1 saturated heterocycles. The van der Waals surface area contributed by atoms with Crippen molar-refractivity contribution >= 4 is 0 Å². The van der Waals surface area contributed by atoms with E-state index < -0.39 is 0 Å². The van der Waals surface area contributed by atoms with Crippen LogP contribution in [-0.4, -0.2) is 49.1 Å². The van der Waals surface area contributed by atoms with Gasteiger partial charge in [0.05, 0.1) is 12.1 Å². The average molecular weight is 348 g/mol. The lowest BCUT2D eigenvalue weighted by molar-refractivity contribution is 0.154. The van der Waals surface area contributed by atoms with E-state index in [1.54, 1.807) is 18.6 Å². The van der Waals surface area contributed by atoms with Crippen molar-refractivity contribution in [1.82, 2.24) is 30.0 Å². The van der Waals surface area contributed by atoms with Gasteiger partial charge in [0.25, 0.3) is 0 Å². The third-order valence-corrected chi connectivity index (χ3v) is 5.60. The van der Waals surface area contributed by atoms with Gasteiger partial charge in [-0.2, -0.15) is 4.98 Å². The summed E-state index contributed by atoms with van der Waals surface area (Å²) in [6.45, 7) is 1.97. The second kappa shape index (κ2) is 6.57. The average Bonchev–Trinajstić information content (AvgIpc) is 3.29.